The molecule has 0 fully saturated rings. The summed E-state index contributed by atoms with van der Waals surface area (Å²) in [6, 6.07) is 3.33. The zero-order chi connectivity index (χ0) is 14.6. The Bertz CT molecular complexity index is 448. The Labute approximate surface area is 119 Å². The molecule has 0 saturated carbocycles. The van der Waals surface area contributed by atoms with Crippen LogP contribution in [0.5, 0.6) is 0 Å². The minimum absolute atomic E-state index is 0.0854. The number of pyridine rings is 1. The van der Waals surface area contributed by atoms with Crippen LogP contribution < -0.4 is 11.3 Å². The Hall–Kier alpha value is -1.33. The number of nitrogens with one attached hydrogen (secondary N) is 1. The summed E-state index contributed by atoms with van der Waals surface area (Å²) >= 11 is 6.05. The summed E-state index contributed by atoms with van der Waals surface area (Å²) in [5.74, 6) is 5.92. The van der Waals surface area contributed by atoms with Gasteiger partial charge in [0.05, 0.1) is 5.02 Å². The van der Waals surface area contributed by atoms with Crippen LogP contribution in [0.1, 0.15) is 38.2 Å². The predicted molar refractivity (Wildman–Crippen MR) is 78.1 cm³/mol. The normalized spacial score (nSPS) is 10.9. The van der Waals surface area contributed by atoms with E-state index in [0.29, 0.717) is 23.3 Å². The van der Waals surface area contributed by atoms with Gasteiger partial charge in [0.1, 0.15) is 11.5 Å². The van der Waals surface area contributed by atoms with Gasteiger partial charge in [-0.15, -0.1) is 0 Å². The molecule has 5 nitrogen and oxygen atoms in total. The maximum absolute atomic E-state index is 12.5. The molecular formula is C13H21ClN4O. The molecule has 6 heteroatoms. The smallest absolute Gasteiger partial charge is 0.274 e. The van der Waals surface area contributed by atoms with Gasteiger partial charge in [-0.3, -0.25) is 4.79 Å². The highest BCUT2D eigenvalue weighted by Crippen LogP contribution is 2.19. The predicted octanol–water partition coefficient (Wildman–Crippen LogP) is 2.53. The van der Waals surface area contributed by atoms with Crippen molar-refractivity contribution in [3.05, 3.63) is 22.8 Å². The molecule has 0 radical (unpaired) electrons. The second-order valence-corrected chi connectivity index (χ2v) is 5.52. The fourth-order valence-corrected chi connectivity index (χ4v) is 1.92. The number of hydrogen-bond donors (Lipinski definition) is 2. The van der Waals surface area contributed by atoms with Crippen LogP contribution in [0.3, 0.4) is 0 Å². The van der Waals surface area contributed by atoms with Gasteiger partial charge in [0.25, 0.3) is 5.91 Å². The Kier molecular flexibility index (Phi) is 5.57. The van der Waals surface area contributed by atoms with Crippen LogP contribution in [0.15, 0.2) is 12.1 Å². The summed E-state index contributed by atoms with van der Waals surface area (Å²) in [6.45, 7) is 8.73. The van der Waals surface area contributed by atoms with Gasteiger partial charge in [-0.2, -0.15) is 0 Å². The van der Waals surface area contributed by atoms with Crippen molar-refractivity contribution in [2.24, 2.45) is 11.8 Å². The van der Waals surface area contributed by atoms with E-state index in [2.05, 4.69) is 24.3 Å². The highest BCUT2D eigenvalue weighted by atomic mass is 35.5. The average molecular weight is 285 g/mol. The van der Waals surface area contributed by atoms with Crippen molar-refractivity contribution < 1.29 is 4.79 Å². The molecule has 0 unspecified atom stereocenters. The fourth-order valence-electron chi connectivity index (χ4n) is 1.73. The Morgan fingerprint density at radius 2 is 2.05 bits per heavy atom. The molecule has 3 N–H and O–H groups in total. The molecular weight excluding hydrogens is 264 g/mol. The lowest BCUT2D eigenvalue weighted by molar-refractivity contribution is 0.0676. The Morgan fingerprint density at radius 3 is 2.53 bits per heavy atom. The van der Waals surface area contributed by atoms with Crippen molar-refractivity contribution in [3.8, 4) is 0 Å². The molecule has 1 aromatic heterocycles. The van der Waals surface area contributed by atoms with E-state index in [1.54, 1.807) is 17.0 Å². The lowest BCUT2D eigenvalue weighted by Gasteiger charge is -2.28. The fraction of sp³-hybridized carbons (Fsp3) is 0.538. The van der Waals surface area contributed by atoms with Crippen LogP contribution >= 0.6 is 11.6 Å². The minimum atomic E-state index is -0.175. The molecule has 106 valence electrons. The van der Waals surface area contributed by atoms with Crippen LogP contribution in [-0.4, -0.2) is 28.4 Å². The van der Waals surface area contributed by atoms with Gasteiger partial charge in [-0.25, -0.2) is 10.8 Å². The summed E-state index contributed by atoms with van der Waals surface area (Å²) < 4.78 is 0. The number of hydrogen-bond acceptors (Lipinski definition) is 4. The molecule has 1 amide bonds. The average Bonchev–Trinajstić information content (AvgIpc) is 2.35. The topological polar surface area (TPSA) is 71.2 Å². The number of halogens is 1. The summed E-state index contributed by atoms with van der Waals surface area (Å²) in [4.78, 5) is 18.4. The number of nitrogens with zero attached hydrogens (tertiary/aromatic N) is 2. The van der Waals surface area contributed by atoms with Gasteiger partial charge < -0.3 is 10.3 Å². The van der Waals surface area contributed by atoms with Crippen LogP contribution in [-0.2, 0) is 0 Å². The number of anilines is 1. The van der Waals surface area contributed by atoms with Gasteiger partial charge in [0.2, 0.25) is 0 Å². The summed E-state index contributed by atoms with van der Waals surface area (Å²) in [6.07, 6.45) is 0. The Balaban J connectivity index is 3.08. The molecule has 1 aromatic rings. The zero-order valence-electron chi connectivity index (χ0n) is 11.8. The molecule has 19 heavy (non-hydrogen) atoms. The number of hydrazine groups is 1. The first kappa shape index (κ1) is 15.7. The first-order valence-corrected chi connectivity index (χ1v) is 6.68. The van der Waals surface area contributed by atoms with Crippen molar-refractivity contribution in [2.45, 2.75) is 33.7 Å². The number of carbonyl (C=O) groups excluding carboxylic acids is 1. The van der Waals surface area contributed by atoms with E-state index < -0.39 is 0 Å². The quantitative estimate of drug-likeness (QED) is 0.644. The molecule has 0 aliphatic carbocycles. The summed E-state index contributed by atoms with van der Waals surface area (Å²) in [5, 5.41) is 0.332. The van der Waals surface area contributed by atoms with E-state index in [4.69, 9.17) is 17.4 Å². The molecule has 0 atom stereocenters. The monoisotopic (exact) mass is 284 g/mol. The van der Waals surface area contributed by atoms with Gasteiger partial charge in [0, 0.05) is 12.6 Å². The molecule has 0 saturated heterocycles. The molecule has 1 rings (SSSR count). The first-order chi connectivity index (χ1) is 8.86. The van der Waals surface area contributed by atoms with Crippen molar-refractivity contribution in [3.63, 3.8) is 0 Å². The number of nitrogen functional groups attached to an aromatic ring is 1. The molecule has 0 bridgehead atoms. The Morgan fingerprint density at radius 1 is 1.42 bits per heavy atom. The van der Waals surface area contributed by atoms with Gasteiger partial charge >= 0.3 is 0 Å². The van der Waals surface area contributed by atoms with Crippen molar-refractivity contribution in [1.29, 1.82) is 0 Å². The maximum atomic E-state index is 12.5. The first-order valence-electron chi connectivity index (χ1n) is 6.31. The van der Waals surface area contributed by atoms with E-state index in [-0.39, 0.29) is 17.6 Å². The third kappa shape index (κ3) is 4.08. The van der Waals surface area contributed by atoms with Crippen LogP contribution in [0.4, 0.5) is 5.82 Å². The summed E-state index contributed by atoms with van der Waals surface area (Å²) in [7, 11) is 0. The standard InChI is InChI=1S/C13H21ClN4O/c1-8(2)7-18(9(3)4)13(19)12-10(14)5-6-11(16-12)17-15/h5-6,8-9H,7,15H2,1-4H3,(H,16,17). The van der Waals surface area contributed by atoms with E-state index in [9.17, 15) is 4.79 Å². The SMILES string of the molecule is CC(C)CN(C(=O)c1nc(NN)ccc1Cl)C(C)C. The molecule has 1 heterocycles. The molecule has 0 spiro atoms. The van der Waals surface area contributed by atoms with Crippen LogP contribution in [0.25, 0.3) is 0 Å². The maximum Gasteiger partial charge on any atom is 0.274 e. The van der Waals surface area contributed by atoms with Crippen molar-refractivity contribution >= 4 is 23.3 Å². The van der Waals surface area contributed by atoms with Gasteiger partial charge in [0.15, 0.2) is 0 Å². The highest BCUT2D eigenvalue weighted by molar-refractivity contribution is 6.33. The lowest BCUT2D eigenvalue weighted by atomic mass is 10.1. The third-order valence-corrected chi connectivity index (χ3v) is 2.95. The van der Waals surface area contributed by atoms with E-state index in [1.165, 1.54) is 0 Å². The zero-order valence-corrected chi connectivity index (χ0v) is 12.5. The molecule has 0 aromatic carbocycles. The number of amides is 1. The van der Waals surface area contributed by atoms with Crippen molar-refractivity contribution in [2.75, 3.05) is 12.0 Å². The number of rotatable bonds is 5. The van der Waals surface area contributed by atoms with E-state index in [0.717, 1.165) is 0 Å². The largest absolute Gasteiger partial charge is 0.335 e. The second kappa shape index (κ2) is 6.73. The molecule has 0 aliphatic rings. The third-order valence-electron chi connectivity index (χ3n) is 2.64. The molecule has 0 aliphatic heterocycles. The lowest BCUT2D eigenvalue weighted by Crippen LogP contribution is -2.40. The minimum Gasteiger partial charge on any atom is -0.335 e. The van der Waals surface area contributed by atoms with Crippen LogP contribution in [0.2, 0.25) is 5.02 Å². The van der Waals surface area contributed by atoms with Gasteiger partial charge in [-0.1, -0.05) is 25.4 Å². The van der Waals surface area contributed by atoms with E-state index in [1.807, 2.05) is 13.8 Å². The highest BCUT2D eigenvalue weighted by Gasteiger charge is 2.23. The van der Waals surface area contributed by atoms with Gasteiger partial charge in [-0.05, 0) is 31.9 Å². The number of carbonyl (C=O) groups is 1. The van der Waals surface area contributed by atoms with Crippen LogP contribution in [0, 0.1) is 5.92 Å². The summed E-state index contributed by atoms with van der Waals surface area (Å²) in [5.41, 5.74) is 2.65. The number of nitrogens with two attached hydrogens (primary N) is 1. The van der Waals surface area contributed by atoms with E-state index >= 15 is 0 Å². The number of aromatic nitrogens is 1. The van der Waals surface area contributed by atoms with Crippen molar-refractivity contribution in [1.82, 2.24) is 9.88 Å². The second-order valence-electron chi connectivity index (χ2n) is 5.12.